The van der Waals surface area contributed by atoms with E-state index in [1.807, 2.05) is 19.1 Å². The van der Waals surface area contributed by atoms with Crippen molar-refractivity contribution in [3.05, 3.63) is 57.6 Å². The van der Waals surface area contributed by atoms with Crippen LogP contribution in [0.15, 0.2) is 36.4 Å². The second-order valence-electron chi connectivity index (χ2n) is 4.94. The zero-order valence-corrected chi connectivity index (χ0v) is 14.5. The molecular formula is C17H17Cl2NO3. The van der Waals surface area contributed by atoms with E-state index in [9.17, 15) is 4.79 Å². The minimum Gasteiger partial charge on any atom is -0.493 e. The number of amides is 1. The van der Waals surface area contributed by atoms with Crippen LogP contribution in [-0.2, 0) is 0 Å². The predicted octanol–water partition coefficient (Wildman–Crippen LogP) is 4.50. The van der Waals surface area contributed by atoms with Crippen LogP contribution in [0.3, 0.4) is 0 Å². The van der Waals surface area contributed by atoms with Gasteiger partial charge in [0.05, 0.1) is 25.3 Å². The third-order valence-electron chi connectivity index (χ3n) is 3.41. The zero-order valence-electron chi connectivity index (χ0n) is 13.0. The SMILES string of the molecule is COc1cc(C(=O)N[C@@H](C)c2ccc(Cl)cc2)cc(Cl)c1OC. The third-order valence-corrected chi connectivity index (χ3v) is 3.95. The maximum absolute atomic E-state index is 12.4. The number of benzene rings is 2. The molecule has 2 aromatic carbocycles. The molecule has 0 heterocycles. The van der Waals surface area contributed by atoms with Crippen LogP contribution in [0.5, 0.6) is 11.5 Å². The molecule has 0 aliphatic heterocycles. The lowest BCUT2D eigenvalue weighted by Crippen LogP contribution is -2.26. The predicted molar refractivity (Wildman–Crippen MR) is 91.9 cm³/mol. The van der Waals surface area contributed by atoms with E-state index in [4.69, 9.17) is 32.7 Å². The van der Waals surface area contributed by atoms with E-state index in [1.54, 1.807) is 24.3 Å². The van der Waals surface area contributed by atoms with Crippen LogP contribution in [0.25, 0.3) is 0 Å². The summed E-state index contributed by atoms with van der Waals surface area (Å²) in [5, 5.41) is 3.88. The van der Waals surface area contributed by atoms with E-state index in [-0.39, 0.29) is 11.9 Å². The molecule has 1 atom stereocenters. The molecule has 23 heavy (non-hydrogen) atoms. The highest BCUT2D eigenvalue weighted by Gasteiger charge is 2.17. The normalized spacial score (nSPS) is 11.7. The van der Waals surface area contributed by atoms with Crippen molar-refractivity contribution in [2.75, 3.05) is 14.2 Å². The van der Waals surface area contributed by atoms with Gasteiger partial charge < -0.3 is 14.8 Å². The fourth-order valence-electron chi connectivity index (χ4n) is 2.16. The standard InChI is InChI=1S/C17H17Cl2NO3/c1-10(11-4-6-13(18)7-5-11)20-17(21)12-8-14(19)16(23-3)15(9-12)22-2/h4-10H,1-3H3,(H,20,21)/t10-/m0/s1. The number of halogens is 2. The van der Waals surface area contributed by atoms with Crippen molar-refractivity contribution in [2.45, 2.75) is 13.0 Å². The Balaban J connectivity index is 2.20. The Labute approximate surface area is 145 Å². The monoisotopic (exact) mass is 353 g/mol. The molecule has 6 heteroatoms. The third kappa shape index (κ3) is 4.09. The van der Waals surface area contributed by atoms with Crippen LogP contribution in [0, 0.1) is 0 Å². The van der Waals surface area contributed by atoms with E-state index in [1.165, 1.54) is 14.2 Å². The molecule has 0 aromatic heterocycles. The Morgan fingerprint density at radius 2 is 1.74 bits per heavy atom. The topological polar surface area (TPSA) is 47.6 Å². The van der Waals surface area contributed by atoms with Crippen LogP contribution in [0.4, 0.5) is 0 Å². The number of hydrogen-bond donors (Lipinski definition) is 1. The number of methoxy groups -OCH3 is 2. The smallest absolute Gasteiger partial charge is 0.251 e. The lowest BCUT2D eigenvalue weighted by Gasteiger charge is -2.16. The lowest BCUT2D eigenvalue weighted by molar-refractivity contribution is 0.0939. The quantitative estimate of drug-likeness (QED) is 0.860. The number of hydrogen-bond acceptors (Lipinski definition) is 3. The van der Waals surface area contributed by atoms with Gasteiger partial charge in [0.2, 0.25) is 0 Å². The van der Waals surface area contributed by atoms with Crippen molar-refractivity contribution < 1.29 is 14.3 Å². The van der Waals surface area contributed by atoms with Crippen LogP contribution in [-0.4, -0.2) is 20.1 Å². The van der Waals surface area contributed by atoms with Crippen molar-refractivity contribution in [3.63, 3.8) is 0 Å². The number of nitrogens with one attached hydrogen (secondary N) is 1. The molecule has 0 aliphatic rings. The molecule has 0 saturated carbocycles. The molecular weight excluding hydrogens is 337 g/mol. The van der Waals surface area contributed by atoms with Gasteiger partial charge in [-0.2, -0.15) is 0 Å². The van der Waals surface area contributed by atoms with Gasteiger partial charge in [-0.15, -0.1) is 0 Å². The first-order valence-corrected chi connectivity index (χ1v) is 7.69. The molecule has 1 N–H and O–H groups in total. The van der Waals surface area contributed by atoms with Crippen molar-refractivity contribution in [1.82, 2.24) is 5.32 Å². The highest BCUT2D eigenvalue weighted by molar-refractivity contribution is 6.32. The fourth-order valence-corrected chi connectivity index (χ4v) is 2.58. The molecule has 2 rings (SSSR count). The summed E-state index contributed by atoms with van der Waals surface area (Å²) in [7, 11) is 2.98. The Morgan fingerprint density at radius 3 is 2.30 bits per heavy atom. The molecule has 0 radical (unpaired) electrons. The second-order valence-corrected chi connectivity index (χ2v) is 5.78. The van der Waals surface area contributed by atoms with Crippen molar-refractivity contribution in [2.24, 2.45) is 0 Å². The minimum atomic E-state index is -0.254. The Hall–Kier alpha value is -1.91. The fraction of sp³-hybridized carbons (Fsp3) is 0.235. The molecule has 0 saturated heterocycles. The van der Waals surface area contributed by atoms with Crippen LogP contribution in [0.1, 0.15) is 28.9 Å². The lowest BCUT2D eigenvalue weighted by atomic mass is 10.1. The molecule has 4 nitrogen and oxygen atoms in total. The van der Waals surface area contributed by atoms with Crippen molar-refractivity contribution in [3.8, 4) is 11.5 Å². The number of carbonyl (C=O) groups excluding carboxylic acids is 1. The molecule has 0 fully saturated rings. The molecule has 0 unspecified atom stereocenters. The second kappa shape index (κ2) is 7.57. The molecule has 122 valence electrons. The summed E-state index contributed by atoms with van der Waals surface area (Å²) in [6.45, 7) is 1.89. The van der Waals surface area contributed by atoms with E-state index < -0.39 is 0 Å². The average Bonchev–Trinajstić information content (AvgIpc) is 2.54. The summed E-state index contributed by atoms with van der Waals surface area (Å²) >= 11 is 12.0. The largest absolute Gasteiger partial charge is 0.493 e. The van der Waals surface area contributed by atoms with E-state index in [2.05, 4.69) is 5.32 Å². The molecule has 0 spiro atoms. The molecule has 1 amide bonds. The van der Waals surface area contributed by atoms with Gasteiger partial charge in [0, 0.05) is 10.6 Å². The van der Waals surface area contributed by atoms with E-state index >= 15 is 0 Å². The van der Waals surface area contributed by atoms with Crippen molar-refractivity contribution in [1.29, 1.82) is 0 Å². The Bertz CT molecular complexity index is 702. The van der Waals surface area contributed by atoms with Crippen LogP contribution >= 0.6 is 23.2 Å². The van der Waals surface area contributed by atoms with Gasteiger partial charge in [0.1, 0.15) is 0 Å². The highest BCUT2D eigenvalue weighted by Crippen LogP contribution is 2.36. The summed E-state index contributed by atoms with van der Waals surface area (Å²) in [4.78, 5) is 12.4. The van der Waals surface area contributed by atoms with E-state index in [0.717, 1.165) is 5.56 Å². The van der Waals surface area contributed by atoms with Crippen molar-refractivity contribution >= 4 is 29.1 Å². The summed E-state index contributed by atoms with van der Waals surface area (Å²) in [6.07, 6.45) is 0. The summed E-state index contributed by atoms with van der Waals surface area (Å²) in [5.74, 6) is 0.552. The highest BCUT2D eigenvalue weighted by atomic mass is 35.5. The number of rotatable bonds is 5. The van der Waals surface area contributed by atoms with Gasteiger partial charge in [-0.05, 0) is 36.8 Å². The maximum Gasteiger partial charge on any atom is 0.251 e. The molecule has 0 bridgehead atoms. The van der Waals surface area contributed by atoms with Crippen LogP contribution in [0.2, 0.25) is 10.0 Å². The van der Waals surface area contributed by atoms with Gasteiger partial charge in [-0.25, -0.2) is 0 Å². The Morgan fingerprint density at radius 1 is 1.09 bits per heavy atom. The Kier molecular flexibility index (Phi) is 5.74. The average molecular weight is 354 g/mol. The maximum atomic E-state index is 12.4. The minimum absolute atomic E-state index is 0.174. The molecule has 0 aliphatic carbocycles. The summed E-state index contributed by atoms with van der Waals surface area (Å²) in [5.41, 5.74) is 1.35. The van der Waals surface area contributed by atoms with E-state index in [0.29, 0.717) is 27.1 Å². The first-order valence-electron chi connectivity index (χ1n) is 6.94. The summed E-state index contributed by atoms with van der Waals surface area (Å²) in [6, 6.07) is 10.3. The van der Waals surface area contributed by atoms with Gasteiger partial charge >= 0.3 is 0 Å². The van der Waals surface area contributed by atoms with Crippen LogP contribution < -0.4 is 14.8 Å². The first-order chi connectivity index (χ1) is 11.0. The molecule has 2 aromatic rings. The van der Waals surface area contributed by atoms with Gasteiger partial charge in [0.25, 0.3) is 5.91 Å². The van der Waals surface area contributed by atoms with Gasteiger partial charge in [-0.1, -0.05) is 35.3 Å². The zero-order chi connectivity index (χ0) is 17.0. The van der Waals surface area contributed by atoms with Gasteiger partial charge in [0.15, 0.2) is 11.5 Å². The van der Waals surface area contributed by atoms with Gasteiger partial charge in [-0.3, -0.25) is 4.79 Å². The summed E-state index contributed by atoms with van der Waals surface area (Å²) < 4.78 is 10.4. The first kappa shape index (κ1) is 17.4. The number of carbonyl (C=O) groups is 1. The number of ether oxygens (including phenoxy) is 2.